The molecular weight excluding hydrogens is 459 g/mol. The van der Waals surface area contributed by atoms with Gasteiger partial charge >= 0.3 is 0 Å². The van der Waals surface area contributed by atoms with Crippen LogP contribution in [-0.4, -0.2) is 47.4 Å². The van der Waals surface area contributed by atoms with Gasteiger partial charge in [-0.25, -0.2) is 4.98 Å². The first-order valence-electron chi connectivity index (χ1n) is 11.7. The Hall–Kier alpha value is -2.31. The van der Waals surface area contributed by atoms with E-state index in [4.69, 9.17) is 23.2 Å². The number of carbonyl (C=O) groups excluding carboxylic acids is 2. The van der Waals surface area contributed by atoms with Crippen molar-refractivity contribution in [3.63, 3.8) is 0 Å². The molecule has 1 aromatic carbocycles. The van der Waals surface area contributed by atoms with Crippen LogP contribution < -0.4 is 10.2 Å². The zero-order valence-electron chi connectivity index (χ0n) is 18.9. The number of hydrogen-bond acceptors (Lipinski definition) is 4. The van der Waals surface area contributed by atoms with Crippen molar-refractivity contribution < 1.29 is 9.59 Å². The topological polar surface area (TPSA) is 65.5 Å². The molecule has 2 saturated heterocycles. The second-order valence-electron chi connectivity index (χ2n) is 9.06. The third-order valence-electron chi connectivity index (χ3n) is 6.67. The van der Waals surface area contributed by atoms with Crippen molar-refractivity contribution in [2.45, 2.75) is 51.5 Å². The highest BCUT2D eigenvalue weighted by Gasteiger charge is 2.28. The van der Waals surface area contributed by atoms with Crippen molar-refractivity contribution in [2.75, 3.05) is 29.9 Å². The van der Waals surface area contributed by atoms with Crippen LogP contribution in [0.3, 0.4) is 0 Å². The van der Waals surface area contributed by atoms with Crippen LogP contribution in [0.25, 0.3) is 0 Å². The Bertz CT molecular complexity index is 1010. The number of pyridine rings is 1. The van der Waals surface area contributed by atoms with Gasteiger partial charge in [-0.15, -0.1) is 0 Å². The normalized spacial score (nSPS) is 19.4. The Morgan fingerprint density at radius 1 is 1.06 bits per heavy atom. The highest BCUT2D eigenvalue weighted by Crippen LogP contribution is 2.32. The van der Waals surface area contributed by atoms with Crippen LogP contribution in [0, 0.1) is 5.92 Å². The van der Waals surface area contributed by atoms with E-state index in [0.29, 0.717) is 51.4 Å². The molecule has 2 aliphatic heterocycles. The van der Waals surface area contributed by atoms with Gasteiger partial charge in [0.15, 0.2) is 5.82 Å². The summed E-state index contributed by atoms with van der Waals surface area (Å²) >= 11 is 12.2. The molecule has 0 unspecified atom stereocenters. The first kappa shape index (κ1) is 23.8. The largest absolute Gasteiger partial charge is 0.355 e. The number of anilines is 2. The predicted octanol–water partition coefficient (Wildman–Crippen LogP) is 5.65. The average Bonchev–Trinajstić information content (AvgIpc) is 2.80. The van der Waals surface area contributed by atoms with Crippen LogP contribution in [0.5, 0.6) is 0 Å². The molecule has 6 nitrogen and oxygen atoms in total. The van der Waals surface area contributed by atoms with Gasteiger partial charge in [0.05, 0.1) is 10.7 Å². The molecule has 3 heterocycles. The molecule has 0 spiro atoms. The fourth-order valence-corrected chi connectivity index (χ4v) is 5.13. The zero-order valence-corrected chi connectivity index (χ0v) is 20.4. The van der Waals surface area contributed by atoms with Gasteiger partial charge in [-0.05, 0) is 69.2 Å². The number of carbonyl (C=O) groups is 2. The van der Waals surface area contributed by atoms with Gasteiger partial charge in [-0.1, -0.05) is 29.3 Å². The lowest BCUT2D eigenvalue weighted by Crippen LogP contribution is -2.43. The molecule has 4 rings (SSSR count). The van der Waals surface area contributed by atoms with Gasteiger partial charge in [0, 0.05) is 48.9 Å². The van der Waals surface area contributed by atoms with E-state index in [1.54, 1.807) is 36.5 Å². The number of rotatable bonds is 5. The second kappa shape index (κ2) is 10.7. The summed E-state index contributed by atoms with van der Waals surface area (Å²) in [6.07, 6.45) is 7.48. The predicted molar refractivity (Wildman–Crippen MR) is 133 cm³/mol. The number of likely N-dealkylation sites (tertiary alicyclic amines) is 1. The summed E-state index contributed by atoms with van der Waals surface area (Å²) in [5.41, 5.74) is 1.04. The third-order valence-corrected chi connectivity index (χ3v) is 7.11. The maximum absolute atomic E-state index is 12.8. The number of hydrogen-bond donors (Lipinski definition) is 1. The molecule has 2 amide bonds. The fourth-order valence-electron chi connectivity index (χ4n) is 4.78. The van der Waals surface area contributed by atoms with E-state index in [2.05, 4.69) is 27.0 Å². The Labute approximate surface area is 205 Å². The number of benzene rings is 1. The zero-order chi connectivity index (χ0) is 23.4. The lowest BCUT2D eigenvalue weighted by Gasteiger charge is -2.37. The Balaban J connectivity index is 1.39. The summed E-state index contributed by atoms with van der Waals surface area (Å²) in [5, 5.41) is 3.89. The minimum absolute atomic E-state index is 0.265. The fraction of sp³-hybridized carbons (Fsp3) is 0.480. The number of aromatic nitrogens is 1. The molecule has 2 aromatic rings. The quantitative estimate of drug-likeness (QED) is 0.590. The molecule has 0 bridgehead atoms. The highest BCUT2D eigenvalue weighted by molar-refractivity contribution is 6.31. The summed E-state index contributed by atoms with van der Waals surface area (Å²) in [6, 6.07) is 8.89. The van der Waals surface area contributed by atoms with Gasteiger partial charge in [0.1, 0.15) is 0 Å². The van der Waals surface area contributed by atoms with Crippen LogP contribution in [-0.2, 0) is 4.79 Å². The molecule has 0 saturated carbocycles. The van der Waals surface area contributed by atoms with Crippen molar-refractivity contribution >= 4 is 46.5 Å². The van der Waals surface area contributed by atoms with Crippen molar-refractivity contribution in [2.24, 2.45) is 5.92 Å². The minimum Gasteiger partial charge on any atom is -0.355 e. The lowest BCUT2D eigenvalue weighted by atomic mass is 9.92. The van der Waals surface area contributed by atoms with E-state index in [1.165, 1.54) is 6.42 Å². The molecule has 0 radical (unpaired) electrons. The summed E-state index contributed by atoms with van der Waals surface area (Å²) in [7, 11) is 0. The third kappa shape index (κ3) is 5.98. The molecule has 2 fully saturated rings. The summed E-state index contributed by atoms with van der Waals surface area (Å²) in [5.74, 6) is 1.10. The van der Waals surface area contributed by atoms with Gasteiger partial charge in [0.25, 0.3) is 5.91 Å². The van der Waals surface area contributed by atoms with E-state index < -0.39 is 0 Å². The van der Waals surface area contributed by atoms with Gasteiger partial charge in [-0.3, -0.25) is 9.59 Å². The highest BCUT2D eigenvalue weighted by atomic mass is 35.5. The SMILES string of the molecule is C[C@@H]1CCCCN1C(=O)CC1CCN(c2ncc(Cl)cc2NC(=O)c2cccc(Cl)c2)CC1. The van der Waals surface area contributed by atoms with E-state index >= 15 is 0 Å². The van der Waals surface area contributed by atoms with Gasteiger partial charge in [0.2, 0.25) is 5.91 Å². The number of nitrogens with one attached hydrogen (secondary N) is 1. The molecule has 2 aliphatic rings. The molecule has 0 aliphatic carbocycles. The van der Waals surface area contributed by atoms with Crippen LogP contribution >= 0.6 is 23.2 Å². The molecule has 8 heteroatoms. The molecule has 176 valence electrons. The molecule has 1 atom stereocenters. The Morgan fingerprint density at radius 2 is 1.85 bits per heavy atom. The molecule has 33 heavy (non-hydrogen) atoms. The van der Waals surface area contributed by atoms with Crippen LogP contribution in [0.4, 0.5) is 11.5 Å². The van der Waals surface area contributed by atoms with E-state index in [1.807, 2.05) is 0 Å². The number of piperidine rings is 2. The van der Waals surface area contributed by atoms with Crippen LogP contribution in [0.1, 0.15) is 55.8 Å². The first-order chi connectivity index (χ1) is 15.9. The van der Waals surface area contributed by atoms with Crippen LogP contribution in [0.2, 0.25) is 10.0 Å². The monoisotopic (exact) mass is 488 g/mol. The van der Waals surface area contributed by atoms with E-state index in [0.717, 1.165) is 45.3 Å². The van der Waals surface area contributed by atoms with E-state index in [-0.39, 0.29) is 5.91 Å². The summed E-state index contributed by atoms with van der Waals surface area (Å²) in [4.78, 5) is 34.3. The van der Waals surface area contributed by atoms with Gasteiger partial charge < -0.3 is 15.1 Å². The Morgan fingerprint density at radius 3 is 2.58 bits per heavy atom. The molecule has 1 N–H and O–H groups in total. The number of amides is 2. The van der Waals surface area contributed by atoms with Crippen LogP contribution in [0.15, 0.2) is 36.5 Å². The maximum atomic E-state index is 12.8. The Kier molecular flexibility index (Phi) is 7.76. The summed E-state index contributed by atoms with van der Waals surface area (Å²) in [6.45, 7) is 4.61. The van der Waals surface area contributed by atoms with Crippen molar-refractivity contribution in [3.8, 4) is 0 Å². The van der Waals surface area contributed by atoms with Crippen molar-refractivity contribution in [1.82, 2.24) is 9.88 Å². The van der Waals surface area contributed by atoms with Crippen molar-refractivity contribution in [3.05, 3.63) is 52.1 Å². The minimum atomic E-state index is -0.265. The lowest BCUT2D eigenvalue weighted by molar-refractivity contribution is -0.135. The molecular formula is C25H30Cl2N4O2. The van der Waals surface area contributed by atoms with Gasteiger partial charge in [-0.2, -0.15) is 0 Å². The maximum Gasteiger partial charge on any atom is 0.255 e. The van der Waals surface area contributed by atoms with Crippen molar-refractivity contribution in [1.29, 1.82) is 0 Å². The summed E-state index contributed by atoms with van der Waals surface area (Å²) < 4.78 is 0. The number of halogens is 2. The number of nitrogens with zero attached hydrogens (tertiary/aromatic N) is 3. The average molecular weight is 489 g/mol. The van der Waals surface area contributed by atoms with E-state index in [9.17, 15) is 9.59 Å². The second-order valence-corrected chi connectivity index (χ2v) is 9.93. The first-order valence-corrected chi connectivity index (χ1v) is 12.4. The standard InChI is InChI=1S/C25H30Cl2N4O2/c1-17-5-2-3-10-31(17)23(32)13-18-8-11-30(12-9-18)24-22(15-21(27)16-28-24)29-25(33)19-6-4-7-20(26)14-19/h4,6-7,14-18H,2-3,5,8-13H2,1H3,(H,29,33)/t17-/m1/s1. The molecule has 1 aromatic heterocycles. The smallest absolute Gasteiger partial charge is 0.255 e.